The standard InChI is InChI=1S/C15H29N/c1-12-6-5-8-14(11-10-12)16-15-9-4-3-7-13(15)2/h12-16H,3-11H2,1-2H3. The van der Waals surface area contributed by atoms with Gasteiger partial charge in [0.25, 0.3) is 0 Å². The van der Waals surface area contributed by atoms with Crippen molar-refractivity contribution >= 4 is 0 Å². The van der Waals surface area contributed by atoms with E-state index < -0.39 is 0 Å². The quantitative estimate of drug-likeness (QED) is 0.694. The third-order valence-electron chi connectivity index (χ3n) is 4.82. The van der Waals surface area contributed by atoms with Crippen molar-refractivity contribution in [1.29, 1.82) is 0 Å². The van der Waals surface area contributed by atoms with Gasteiger partial charge in [0, 0.05) is 12.1 Å². The van der Waals surface area contributed by atoms with E-state index >= 15 is 0 Å². The predicted molar refractivity (Wildman–Crippen MR) is 70.6 cm³/mol. The Hall–Kier alpha value is -0.0400. The summed E-state index contributed by atoms with van der Waals surface area (Å²) in [6.07, 6.45) is 13.0. The molecule has 1 nitrogen and oxygen atoms in total. The Morgan fingerprint density at radius 1 is 0.750 bits per heavy atom. The van der Waals surface area contributed by atoms with Crippen molar-refractivity contribution < 1.29 is 0 Å². The molecule has 2 saturated carbocycles. The van der Waals surface area contributed by atoms with Crippen LogP contribution in [0.15, 0.2) is 0 Å². The van der Waals surface area contributed by atoms with Gasteiger partial charge in [-0.15, -0.1) is 0 Å². The minimum atomic E-state index is 0.826. The third-order valence-corrected chi connectivity index (χ3v) is 4.82. The van der Waals surface area contributed by atoms with Crippen LogP contribution in [0, 0.1) is 11.8 Å². The van der Waals surface area contributed by atoms with Crippen LogP contribution in [0.5, 0.6) is 0 Å². The first-order chi connectivity index (χ1) is 7.75. The Kier molecular flexibility index (Phi) is 4.69. The molecule has 4 unspecified atom stereocenters. The van der Waals surface area contributed by atoms with Crippen molar-refractivity contribution in [2.45, 2.75) is 83.7 Å². The molecule has 0 bridgehead atoms. The zero-order chi connectivity index (χ0) is 11.4. The Morgan fingerprint density at radius 2 is 1.56 bits per heavy atom. The highest BCUT2D eigenvalue weighted by atomic mass is 15.0. The SMILES string of the molecule is CC1CCCC(NC2CCCCC2C)CC1. The van der Waals surface area contributed by atoms with Crippen LogP contribution in [0.4, 0.5) is 0 Å². The summed E-state index contributed by atoms with van der Waals surface area (Å²) in [5, 5.41) is 3.97. The van der Waals surface area contributed by atoms with Crippen LogP contribution in [-0.2, 0) is 0 Å². The molecule has 4 atom stereocenters. The summed E-state index contributed by atoms with van der Waals surface area (Å²) in [6.45, 7) is 4.86. The molecule has 1 N–H and O–H groups in total. The van der Waals surface area contributed by atoms with Gasteiger partial charge < -0.3 is 5.32 Å². The Balaban J connectivity index is 1.79. The van der Waals surface area contributed by atoms with Gasteiger partial charge in [-0.05, 0) is 43.9 Å². The number of hydrogen-bond acceptors (Lipinski definition) is 1. The largest absolute Gasteiger partial charge is 0.311 e. The van der Waals surface area contributed by atoms with E-state index in [2.05, 4.69) is 19.2 Å². The lowest BCUT2D eigenvalue weighted by molar-refractivity contribution is 0.249. The molecule has 0 radical (unpaired) electrons. The fourth-order valence-electron chi connectivity index (χ4n) is 3.52. The molecule has 94 valence electrons. The minimum absolute atomic E-state index is 0.826. The molecule has 0 spiro atoms. The van der Waals surface area contributed by atoms with Gasteiger partial charge in [-0.2, -0.15) is 0 Å². The summed E-state index contributed by atoms with van der Waals surface area (Å²) in [5.41, 5.74) is 0. The van der Waals surface area contributed by atoms with Crippen LogP contribution < -0.4 is 5.32 Å². The van der Waals surface area contributed by atoms with Crippen molar-refractivity contribution in [3.05, 3.63) is 0 Å². The Morgan fingerprint density at radius 3 is 2.38 bits per heavy atom. The van der Waals surface area contributed by atoms with Crippen LogP contribution in [0.25, 0.3) is 0 Å². The average Bonchev–Trinajstić information content (AvgIpc) is 2.47. The lowest BCUT2D eigenvalue weighted by Crippen LogP contribution is -2.43. The second kappa shape index (κ2) is 6.05. The predicted octanol–water partition coefficient (Wildman–Crippen LogP) is 4.12. The van der Waals surface area contributed by atoms with E-state index in [0.29, 0.717) is 0 Å². The molecule has 0 aromatic rings. The van der Waals surface area contributed by atoms with Crippen LogP contribution in [0.1, 0.15) is 71.6 Å². The van der Waals surface area contributed by atoms with E-state index in [9.17, 15) is 0 Å². The first kappa shape index (κ1) is 12.4. The van der Waals surface area contributed by atoms with Gasteiger partial charge in [0.15, 0.2) is 0 Å². The van der Waals surface area contributed by atoms with Crippen LogP contribution >= 0.6 is 0 Å². The molecule has 16 heavy (non-hydrogen) atoms. The maximum Gasteiger partial charge on any atom is 0.00952 e. The maximum absolute atomic E-state index is 3.97. The molecule has 2 fully saturated rings. The lowest BCUT2D eigenvalue weighted by atomic mass is 9.85. The van der Waals surface area contributed by atoms with E-state index in [-0.39, 0.29) is 0 Å². The minimum Gasteiger partial charge on any atom is -0.311 e. The maximum atomic E-state index is 3.97. The van der Waals surface area contributed by atoms with E-state index in [1.165, 1.54) is 57.8 Å². The van der Waals surface area contributed by atoms with Gasteiger partial charge in [-0.3, -0.25) is 0 Å². The van der Waals surface area contributed by atoms with Crippen molar-refractivity contribution in [1.82, 2.24) is 5.32 Å². The zero-order valence-electron chi connectivity index (χ0n) is 11.2. The summed E-state index contributed by atoms with van der Waals surface area (Å²) in [4.78, 5) is 0. The van der Waals surface area contributed by atoms with Crippen molar-refractivity contribution in [3.63, 3.8) is 0 Å². The van der Waals surface area contributed by atoms with Crippen LogP contribution in [-0.4, -0.2) is 12.1 Å². The molecule has 0 heterocycles. The van der Waals surface area contributed by atoms with Crippen LogP contribution in [0.2, 0.25) is 0 Å². The van der Waals surface area contributed by atoms with Gasteiger partial charge >= 0.3 is 0 Å². The Bertz CT molecular complexity index is 202. The highest BCUT2D eigenvalue weighted by molar-refractivity contribution is 4.83. The monoisotopic (exact) mass is 223 g/mol. The summed E-state index contributed by atoms with van der Waals surface area (Å²) in [7, 11) is 0. The number of hydrogen-bond donors (Lipinski definition) is 1. The lowest BCUT2D eigenvalue weighted by Gasteiger charge is -2.33. The Labute approximate surface area is 101 Å². The third kappa shape index (κ3) is 3.48. The van der Waals surface area contributed by atoms with Gasteiger partial charge in [-0.25, -0.2) is 0 Å². The van der Waals surface area contributed by atoms with Gasteiger partial charge in [0.2, 0.25) is 0 Å². The normalized spacial score (nSPS) is 41.6. The summed E-state index contributed by atoms with van der Waals surface area (Å²) < 4.78 is 0. The van der Waals surface area contributed by atoms with E-state index in [0.717, 1.165) is 23.9 Å². The molecular weight excluding hydrogens is 194 g/mol. The molecule has 2 aliphatic rings. The number of nitrogens with one attached hydrogen (secondary N) is 1. The van der Waals surface area contributed by atoms with Crippen molar-refractivity contribution in [2.24, 2.45) is 11.8 Å². The van der Waals surface area contributed by atoms with E-state index in [4.69, 9.17) is 0 Å². The van der Waals surface area contributed by atoms with E-state index in [1.807, 2.05) is 0 Å². The first-order valence-electron chi connectivity index (χ1n) is 7.51. The molecule has 1 heteroatoms. The topological polar surface area (TPSA) is 12.0 Å². The molecule has 0 aromatic carbocycles. The number of rotatable bonds is 2. The molecule has 2 aliphatic carbocycles. The summed E-state index contributed by atoms with van der Waals surface area (Å²) in [6, 6.07) is 1.66. The molecule has 2 rings (SSSR count). The molecule has 0 amide bonds. The smallest absolute Gasteiger partial charge is 0.00952 e. The van der Waals surface area contributed by atoms with E-state index in [1.54, 1.807) is 0 Å². The highest BCUT2D eigenvalue weighted by Crippen LogP contribution is 2.27. The molecule has 0 aromatic heterocycles. The van der Waals surface area contributed by atoms with Gasteiger partial charge in [0.05, 0.1) is 0 Å². The second-order valence-corrected chi connectivity index (χ2v) is 6.35. The zero-order valence-corrected chi connectivity index (χ0v) is 11.2. The highest BCUT2D eigenvalue weighted by Gasteiger charge is 2.24. The average molecular weight is 223 g/mol. The van der Waals surface area contributed by atoms with Gasteiger partial charge in [-0.1, -0.05) is 39.5 Å². The van der Waals surface area contributed by atoms with Gasteiger partial charge in [0.1, 0.15) is 0 Å². The fraction of sp³-hybridized carbons (Fsp3) is 1.00. The van der Waals surface area contributed by atoms with Crippen LogP contribution in [0.3, 0.4) is 0 Å². The van der Waals surface area contributed by atoms with Crippen molar-refractivity contribution in [3.8, 4) is 0 Å². The van der Waals surface area contributed by atoms with Crippen molar-refractivity contribution in [2.75, 3.05) is 0 Å². The summed E-state index contributed by atoms with van der Waals surface area (Å²) in [5.74, 6) is 1.88. The first-order valence-corrected chi connectivity index (χ1v) is 7.51. The summed E-state index contributed by atoms with van der Waals surface area (Å²) >= 11 is 0. The molecule has 0 aliphatic heterocycles. The molecular formula is C15H29N. The molecule has 0 saturated heterocycles. The second-order valence-electron chi connectivity index (χ2n) is 6.35. The fourth-order valence-corrected chi connectivity index (χ4v) is 3.52.